The zero-order chi connectivity index (χ0) is 13.4. The van der Waals surface area contributed by atoms with Crippen LogP contribution in [0.25, 0.3) is 0 Å². The Labute approximate surface area is 97.3 Å². The lowest BCUT2D eigenvalue weighted by atomic mass is 10.7. The Morgan fingerprint density at radius 2 is 1.31 bits per heavy atom. The third kappa shape index (κ3) is 48.3. The summed E-state index contributed by atoms with van der Waals surface area (Å²) in [6.07, 6.45) is -0.285. The molecule has 0 aliphatic carbocycles. The highest BCUT2D eigenvalue weighted by Crippen LogP contribution is 2.19. The lowest BCUT2D eigenvalue weighted by Gasteiger charge is -2.26. The summed E-state index contributed by atoms with van der Waals surface area (Å²) in [7, 11) is -0.803. The van der Waals surface area contributed by atoms with Gasteiger partial charge in [0.1, 0.15) is 0 Å². The van der Waals surface area contributed by atoms with Gasteiger partial charge in [0, 0.05) is 14.2 Å². The second-order valence-electron chi connectivity index (χ2n) is 2.62. The molecule has 8 heteroatoms. The summed E-state index contributed by atoms with van der Waals surface area (Å²) in [5.74, 6) is 0. The molecule has 7 nitrogen and oxygen atoms in total. The van der Waals surface area contributed by atoms with Gasteiger partial charge in [-0.25, -0.2) is 0 Å². The fraction of sp³-hybridized carbons (Fsp3) is 1.00. The summed E-state index contributed by atoms with van der Waals surface area (Å²) in [6, 6.07) is 0. The summed E-state index contributed by atoms with van der Waals surface area (Å²) in [6.45, 7) is 4.62. The Bertz CT molecular complexity index is 143. The fourth-order valence-electron chi connectivity index (χ4n) is 0.289. The summed E-state index contributed by atoms with van der Waals surface area (Å²) in [4.78, 5) is 18.9. The predicted molar refractivity (Wildman–Crippen MR) is 57.4 cm³/mol. The van der Waals surface area contributed by atoms with Gasteiger partial charge in [0.05, 0.1) is 26.3 Å². The number of hydrogen-bond donors (Lipinski definition) is 2. The number of rotatable bonds is 5. The van der Waals surface area contributed by atoms with Crippen molar-refractivity contribution in [1.29, 1.82) is 0 Å². The van der Waals surface area contributed by atoms with Gasteiger partial charge >= 0.3 is 0 Å². The second kappa shape index (κ2) is 17.4. The minimum absolute atomic E-state index is 0.285. The molecule has 0 aliphatic heterocycles. The quantitative estimate of drug-likeness (QED) is 0.498. The number of methoxy groups -OCH3 is 2. The van der Waals surface area contributed by atoms with Crippen molar-refractivity contribution in [3.05, 3.63) is 0 Å². The van der Waals surface area contributed by atoms with Gasteiger partial charge < -0.3 is 35.3 Å². The molecule has 0 heterocycles. The molecule has 16 heavy (non-hydrogen) atoms. The predicted octanol–water partition coefficient (Wildman–Crippen LogP) is -3.33. The molecule has 0 aromatic heterocycles. The Balaban J connectivity index is -0.000000160. The molecule has 102 valence electrons. The molecule has 0 atom stereocenters. The molecule has 0 unspecified atom stereocenters. The van der Waals surface area contributed by atoms with Crippen molar-refractivity contribution in [2.75, 3.05) is 46.7 Å². The molecule has 0 spiro atoms. The molecule has 0 saturated heterocycles. The topological polar surface area (TPSA) is 137 Å². The van der Waals surface area contributed by atoms with E-state index in [-0.39, 0.29) is 6.16 Å². The molecule has 0 bridgehead atoms. The molecule has 0 rings (SSSR count). The lowest BCUT2D eigenvalue weighted by molar-refractivity contribution is -0.373. The lowest BCUT2D eigenvalue weighted by Crippen LogP contribution is -2.52. The molecule has 0 aromatic carbocycles. The largest absolute Gasteiger partial charge is 0.811 e. The first-order valence-electron chi connectivity index (χ1n) is 4.96. The molecule has 6 N–H and O–H groups in total. The maximum absolute atomic E-state index is 9.47. The minimum Gasteiger partial charge on any atom is -0.811 e. The van der Waals surface area contributed by atoms with Crippen LogP contribution in [-0.2, 0) is 14.0 Å². The van der Waals surface area contributed by atoms with E-state index in [4.69, 9.17) is 0 Å². The second-order valence-corrected chi connectivity index (χ2v) is 4.47. The average Bonchev–Trinajstić information content (AvgIpc) is 2.21. The zero-order valence-electron chi connectivity index (χ0n) is 10.4. The molecule has 0 aromatic rings. The molecular weight excluding hydrogens is 235 g/mol. The normalized spacial score (nSPS) is 9.69. The van der Waals surface area contributed by atoms with Gasteiger partial charge in [0.25, 0.3) is 0 Å². The van der Waals surface area contributed by atoms with E-state index in [9.17, 15) is 14.4 Å². The number of ether oxygens (including phenoxy) is 2. The van der Waals surface area contributed by atoms with Gasteiger partial charge in [-0.2, -0.15) is 0 Å². The summed E-state index contributed by atoms with van der Waals surface area (Å²) < 4.78 is 18.7. The fourth-order valence-corrected chi connectivity index (χ4v) is 0.289. The van der Waals surface area contributed by atoms with Crippen molar-refractivity contribution in [2.45, 2.75) is 6.92 Å². The molecular formula is C8H25N2O5P. The SMILES string of the molecule is CCP(=O)([O-])[O-].COCC[NH3+].COCC[NH3+]. The molecule has 0 amide bonds. The van der Waals surface area contributed by atoms with E-state index < -0.39 is 7.60 Å². The van der Waals surface area contributed by atoms with Crippen LogP contribution in [0.4, 0.5) is 0 Å². The van der Waals surface area contributed by atoms with Crippen molar-refractivity contribution in [3.63, 3.8) is 0 Å². The maximum Gasteiger partial charge on any atom is 0.0977 e. The van der Waals surface area contributed by atoms with Gasteiger partial charge in [-0.05, 0) is 6.16 Å². The summed E-state index contributed by atoms with van der Waals surface area (Å²) in [5.41, 5.74) is 7.10. The van der Waals surface area contributed by atoms with Crippen LogP contribution in [0, 0.1) is 0 Å². The highest BCUT2D eigenvalue weighted by Gasteiger charge is 1.76. The third-order valence-corrected chi connectivity index (χ3v) is 1.86. The Morgan fingerprint density at radius 1 is 1.06 bits per heavy atom. The van der Waals surface area contributed by atoms with E-state index in [1.807, 2.05) is 0 Å². The van der Waals surface area contributed by atoms with Crippen LogP contribution in [0.5, 0.6) is 0 Å². The monoisotopic (exact) mass is 260 g/mol. The van der Waals surface area contributed by atoms with Gasteiger partial charge in [-0.3, -0.25) is 0 Å². The van der Waals surface area contributed by atoms with Gasteiger partial charge in [0.2, 0.25) is 0 Å². The smallest absolute Gasteiger partial charge is 0.0977 e. The van der Waals surface area contributed by atoms with E-state index >= 15 is 0 Å². The molecule has 0 aliphatic rings. The van der Waals surface area contributed by atoms with Crippen LogP contribution in [0.1, 0.15) is 6.92 Å². The Kier molecular flexibility index (Phi) is 23.1. The minimum atomic E-state index is -4.15. The van der Waals surface area contributed by atoms with Crippen LogP contribution >= 0.6 is 7.60 Å². The standard InChI is InChI=1S/2C3H9NO.C2H7O3P/c2*1-5-3-2-4;1-2-6(3,4)5/h2*2-4H2,1H3;2H2,1H3,(H2,3,4,5). The van der Waals surface area contributed by atoms with Crippen LogP contribution in [0.15, 0.2) is 0 Å². The molecule has 0 fully saturated rings. The first kappa shape index (κ1) is 21.3. The molecule has 0 radical (unpaired) electrons. The number of hydrogen-bond acceptors (Lipinski definition) is 5. The first-order chi connectivity index (χ1) is 7.39. The van der Waals surface area contributed by atoms with Crippen molar-refractivity contribution < 1.29 is 35.3 Å². The van der Waals surface area contributed by atoms with Gasteiger partial charge in [0.15, 0.2) is 0 Å². The highest BCUT2D eigenvalue weighted by atomic mass is 31.2. The van der Waals surface area contributed by atoms with Gasteiger partial charge in [-0.15, -0.1) is 0 Å². The van der Waals surface area contributed by atoms with Gasteiger partial charge in [-0.1, -0.05) is 14.5 Å². The highest BCUT2D eigenvalue weighted by molar-refractivity contribution is 7.48. The van der Waals surface area contributed by atoms with Crippen LogP contribution in [0.2, 0.25) is 0 Å². The van der Waals surface area contributed by atoms with Crippen LogP contribution in [0.3, 0.4) is 0 Å². The van der Waals surface area contributed by atoms with Crippen LogP contribution < -0.4 is 21.3 Å². The number of quaternary nitrogens is 2. The Hall–Kier alpha value is -0.0100. The van der Waals surface area contributed by atoms with Crippen molar-refractivity contribution >= 4 is 7.60 Å². The summed E-state index contributed by atoms with van der Waals surface area (Å²) in [5, 5.41) is 0. The maximum atomic E-state index is 9.47. The van der Waals surface area contributed by atoms with E-state index in [2.05, 4.69) is 20.9 Å². The van der Waals surface area contributed by atoms with Crippen molar-refractivity contribution in [1.82, 2.24) is 0 Å². The van der Waals surface area contributed by atoms with E-state index in [0.717, 1.165) is 26.3 Å². The Morgan fingerprint density at radius 3 is 1.31 bits per heavy atom. The molecule has 0 saturated carbocycles. The van der Waals surface area contributed by atoms with E-state index in [0.29, 0.717) is 0 Å². The van der Waals surface area contributed by atoms with Crippen molar-refractivity contribution in [3.8, 4) is 0 Å². The summed E-state index contributed by atoms with van der Waals surface area (Å²) >= 11 is 0. The first-order valence-corrected chi connectivity index (χ1v) is 6.69. The van der Waals surface area contributed by atoms with E-state index in [1.165, 1.54) is 6.92 Å². The van der Waals surface area contributed by atoms with Crippen LogP contribution in [-0.4, -0.2) is 46.7 Å². The zero-order valence-corrected chi connectivity index (χ0v) is 11.3. The van der Waals surface area contributed by atoms with Crippen molar-refractivity contribution in [2.24, 2.45) is 0 Å². The average molecular weight is 260 g/mol. The third-order valence-electron chi connectivity index (χ3n) is 1.08. The van der Waals surface area contributed by atoms with E-state index in [1.54, 1.807) is 14.2 Å².